The number of carbonyl (C=O) groups is 2. The number of H-pyrrole nitrogens is 1. The third-order valence-corrected chi connectivity index (χ3v) is 9.82. The number of piperidine rings is 1. The molecule has 3 heterocycles. The highest BCUT2D eigenvalue weighted by molar-refractivity contribution is 5.95. The number of likely N-dealkylation sites (tertiary alicyclic amines) is 1. The Morgan fingerprint density at radius 1 is 0.839 bits per heavy atom. The van der Waals surface area contributed by atoms with Gasteiger partial charge in [0.2, 0.25) is 0 Å². The van der Waals surface area contributed by atoms with E-state index in [1.165, 1.54) is 0 Å². The maximum absolute atomic E-state index is 13.5. The number of rotatable bonds is 25. The number of aromatic amines is 1. The molecule has 1 atom stereocenters. The maximum atomic E-state index is 13.5. The number of benzene rings is 2. The average molecular weight is 772 g/mol. The summed E-state index contributed by atoms with van der Waals surface area (Å²) in [6.07, 6.45) is 9.78. The van der Waals surface area contributed by atoms with E-state index in [-0.39, 0.29) is 18.4 Å². The van der Waals surface area contributed by atoms with Crippen LogP contribution in [0.4, 0.5) is 5.69 Å². The van der Waals surface area contributed by atoms with Crippen LogP contribution in [0.5, 0.6) is 5.75 Å². The molecule has 14 nitrogen and oxygen atoms in total. The fraction of sp³-hybridized carbons (Fsp3) is 0.500. The van der Waals surface area contributed by atoms with E-state index in [1.807, 2.05) is 67.6 Å². The number of amides is 1. The molecule has 5 rings (SSSR count). The normalized spacial score (nSPS) is 14.6. The van der Waals surface area contributed by atoms with Crippen molar-refractivity contribution < 1.29 is 33.6 Å². The summed E-state index contributed by atoms with van der Waals surface area (Å²) >= 11 is 0. The number of carboxylic acids is 1. The summed E-state index contributed by atoms with van der Waals surface area (Å²) in [5, 5.41) is 24.6. The van der Waals surface area contributed by atoms with Crippen LogP contribution >= 0.6 is 0 Å². The first-order valence-electron chi connectivity index (χ1n) is 19.7. The molecule has 0 spiro atoms. The molecule has 302 valence electrons. The van der Waals surface area contributed by atoms with E-state index in [1.54, 1.807) is 12.4 Å². The van der Waals surface area contributed by atoms with Crippen LogP contribution < -0.4 is 15.4 Å². The highest BCUT2D eigenvalue weighted by atomic mass is 16.5. The molecule has 1 amide bonds. The lowest BCUT2D eigenvalue weighted by Crippen LogP contribution is -2.46. The van der Waals surface area contributed by atoms with Crippen molar-refractivity contribution in [1.82, 2.24) is 30.4 Å². The molecule has 0 bridgehead atoms. The van der Waals surface area contributed by atoms with E-state index >= 15 is 0 Å². The monoisotopic (exact) mass is 771 g/mol. The Hall–Kier alpha value is -4.89. The number of anilines is 1. The van der Waals surface area contributed by atoms with Crippen LogP contribution in [0.25, 0.3) is 11.4 Å². The summed E-state index contributed by atoms with van der Waals surface area (Å²) in [7, 11) is 2.12. The third kappa shape index (κ3) is 13.7. The van der Waals surface area contributed by atoms with Crippen molar-refractivity contribution in [3.63, 3.8) is 0 Å². The van der Waals surface area contributed by atoms with Gasteiger partial charge >= 0.3 is 5.97 Å². The predicted octanol–water partition coefficient (Wildman–Crippen LogP) is 6.24. The van der Waals surface area contributed by atoms with Crippen LogP contribution in [-0.4, -0.2) is 108 Å². The summed E-state index contributed by atoms with van der Waals surface area (Å²) in [4.78, 5) is 33.9. The van der Waals surface area contributed by atoms with Crippen LogP contribution in [-0.2, 0) is 24.5 Å². The number of hydrogen-bond acceptors (Lipinski definition) is 11. The number of nitrogens with zero attached hydrogens (tertiary/aromatic N) is 4. The second kappa shape index (κ2) is 22.6. The van der Waals surface area contributed by atoms with Gasteiger partial charge in [-0.25, -0.2) is 0 Å². The molecule has 2 aromatic heterocycles. The number of nitrogens with one attached hydrogen (secondary N) is 3. The lowest BCUT2D eigenvalue weighted by atomic mass is 9.86. The molecule has 4 N–H and O–H groups in total. The highest BCUT2D eigenvalue weighted by Gasteiger charge is 2.39. The number of unbranched alkanes of at least 4 members (excludes halogenated alkanes) is 3. The van der Waals surface area contributed by atoms with Crippen molar-refractivity contribution in [1.29, 1.82) is 0 Å². The molecular formula is C42H57N7O7. The van der Waals surface area contributed by atoms with E-state index in [4.69, 9.17) is 24.1 Å². The van der Waals surface area contributed by atoms with Gasteiger partial charge in [-0.3, -0.25) is 14.6 Å². The molecule has 56 heavy (non-hydrogen) atoms. The van der Waals surface area contributed by atoms with Crippen LogP contribution in [0.1, 0.15) is 86.1 Å². The van der Waals surface area contributed by atoms with E-state index < -0.39 is 11.5 Å². The lowest BCUT2D eigenvalue weighted by molar-refractivity contribution is -0.137. The van der Waals surface area contributed by atoms with Crippen LogP contribution in [0.2, 0.25) is 0 Å². The first-order valence-corrected chi connectivity index (χ1v) is 19.7. The number of ether oxygens (including phenoxy) is 4. The van der Waals surface area contributed by atoms with Gasteiger partial charge in [-0.2, -0.15) is 0 Å². The minimum Gasteiger partial charge on any atom is -0.494 e. The Bertz CT molecular complexity index is 1760. The smallest absolute Gasteiger partial charge is 0.303 e. The second-order valence-corrected chi connectivity index (χ2v) is 14.2. The zero-order valence-corrected chi connectivity index (χ0v) is 32.7. The van der Waals surface area contributed by atoms with Gasteiger partial charge in [-0.1, -0.05) is 24.6 Å². The minimum atomic E-state index is -0.807. The standard InChI is InChI=1S/C42H57N7O7/c1-32(34-10-8-13-37(31-34)56-25-6-4-3-5-23-53-26-28-55-29-27-54-24-9-14-38(50)51)44-40(52)35-11-7-12-36(30-35)46-42(17-21-49(2)22-18-42)41-45-39(47-48-41)33-15-19-43-20-16-33/h7-8,10-13,15-16,19-20,30-32,46H,3-6,9,14,17-18,21-29H2,1-2H3,(H,44,52)(H,50,51)(H,45,47,48)/t32-/m1/s1. The summed E-state index contributed by atoms with van der Waals surface area (Å²) in [5.74, 6) is 1.30. The summed E-state index contributed by atoms with van der Waals surface area (Å²) < 4.78 is 22.5. The first kappa shape index (κ1) is 42.3. The molecule has 1 aliphatic rings. The molecule has 2 aromatic carbocycles. The van der Waals surface area contributed by atoms with Gasteiger partial charge in [0.15, 0.2) is 11.6 Å². The average Bonchev–Trinajstić information content (AvgIpc) is 3.72. The van der Waals surface area contributed by atoms with E-state index in [0.29, 0.717) is 64.1 Å². The molecule has 0 unspecified atom stereocenters. The van der Waals surface area contributed by atoms with Gasteiger partial charge in [0.1, 0.15) is 5.75 Å². The maximum Gasteiger partial charge on any atom is 0.303 e. The molecular weight excluding hydrogens is 715 g/mol. The third-order valence-electron chi connectivity index (χ3n) is 9.82. The summed E-state index contributed by atoms with van der Waals surface area (Å²) in [6.45, 7) is 7.49. The molecule has 14 heteroatoms. The Morgan fingerprint density at radius 2 is 1.52 bits per heavy atom. The van der Waals surface area contributed by atoms with Gasteiger partial charge in [-0.15, -0.1) is 10.2 Å². The number of aliphatic carboxylic acids is 1. The van der Waals surface area contributed by atoms with E-state index in [2.05, 4.69) is 42.7 Å². The van der Waals surface area contributed by atoms with Crippen molar-refractivity contribution in [2.75, 3.05) is 71.7 Å². The van der Waals surface area contributed by atoms with Crippen LogP contribution in [0, 0.1) is 0 Å². The largest absolute Gasteiger partial charge is 0.494 e. The Balaban J connectivity index is 1.01. The Kier molecular flexibility index (Phi) is 17.1. The number of aromatic nitrogens is 4. The highest BCUT2D eigenvalue weighted by Crippen LogP contribution is 2.35. The Labute approximate surface area is 329 Å². The second-order valence-electron chi connectivity index (χ2n) is 14.2. The van der Waals surface area contributed by atoms with Gasteiger partial charge in [0.05, 0.1) is 44.6 Å². The van der Waals surface area contributed by atoms with Crippen molar-refractivity contribution in [3.8, 4) is 17.1 Å². The summed E-state index contributed by atoms with van der Waals surface area (Å²) in [6, 6.07) is 19.1. The fourth-order valence-electron chi connectivity index (χ4n) is 6.51. The zero-order chi connectivity index (χ0) is 39.4. The summed E-state index contributed by atoms with van der Waals surface area (Å²) in [5.41, 5.74) is 2.84. The van der Waals surface area contributed by atoms with Crippen molar-refractivity contribution >= 4 is 17.6 Å². The molecule has 1 saturated heterocycles. The number of carboxylic acid groups (broad SMARTS) is 1. The number of carbonyl (C=O) groups excluding carboxylic acids is 1. The van der Waals surface area contributed by atoms with Gasteiger partial charge in [-0.05, 0) is 101 Å². The van der Waals surface area contributed by atoms with Gasteiger partial charge in [0, 0.05) is 61.9 Å². The number of hydrogen-bond donors (Lipinski definition) is 4. The number of pyridine rings is 1. The fourth-order valence-corrected chi connectivity index (χ4v) is 6.51. The van der Waals surface area contributed by atoms with E-state index in [9.17, 15) is 9.59 Å². The molecule has 0 radical (unpaired) electrons. The van der Waals surface area contributed by atoms with Crippen LogP contribution in [0.15, 0.2) is 73.1 Å². The van der Waals surface area contributed by atoms with Crippen LogP contribution in [0.3, 0.4) is 0 Å². The quantitative estimate of drug-likeness (QED) is 0.0560. The molecule has 0 saturated carbocycles. The minimum absolute atomic E-state index is 0.122. The van der Waals surface area contributed by atoms with Gasteiger partial charge < -0.3 is 44.6 Å². The first-order chi connectivity index (χ1) is 27.3. The molecule has 1 fully saturated rings. The zero-order valence-electron chi connectivity index (χ0n) is 32.7. The van der Waals surface area contributed by atoms with Gasteiger partial charge in [0.25, 0.3) is 5.91 Å². The van der Waals surface area contributed by atoms with Crippen molar-refractivity contribution in [2.45, 2.75) is 69.9 Å². The molecule has 0 aliphatic carbocycles. The predicted molar refractivity (Wildman–Crippen MR) is 214 cm³/mol. The topological polar surface area (TPSA) is 173 Å². The van der Waals surface area contributed by atoms with Crippen molar-refractivity contribution in [3.05, 3.63) is 90.0 Å². The molecule has 1 aliphatic heterocycles. The molecule has 4 aromatic rings. The Morgan fingerprint density at radius 3 is 2.25 bits per heavy atom. The van der Waals surface area contributed by atoms with E-state index in [0.717, 1.165) is 80.0 Å². The van der Waals surface area contributed by atoms with Crippen molar-refractivity contribution in [2.24, 2.45) is 0 Å². The SMILES string of the molecule is C[C@@H](NC(=O)c1cccc(NC2(c3nnc(-c4ccncc4)[nH]3)CCN(C)CC2)c1)c1cccc(OCCCCCCOCCOCCOCCCC(=O)O)c1. The lowest BCUT2D eigenvalue weighted by Gasteiger charge is -2.40.